The molecule has 7 heteroatoms. The summed E-state index contributed by atoms with van der Waals surface area (Å²) < 4.78 is 17.3. The Balaban J connectivity index is 2.04. The lowest BCUT2D eigenvalue weighted by atomic mass is 9.94. The van der Waals surface area contributed by atoms with Crippen molar-refractivity contribution in [3.05, 3.63) is 35.9 Å². The van der Waals surface area contributed by atoms with E-state index in [1.165, 1.54) is 4.90 Å². The van der Waals surface area contributed by atoms with Crippen LogP contribution in [-0.2, 0) is 25.3 Å². The Labute approximate surface area is 182 Å². The van der Waals surface area contributed by atoms with Crippen LogP contribution < -0.4 is 0 Å². The second kappa shape index (κ2) is 9.10. The summed E-state index contributed by atoms with van der Waals surface area (Å²) in [6.45, 7) is 16.9. The highest BCUT2D eigenvalue weighted by atomic mass is 28.4. The van der Waals surface area contributed by atoms with Crippen molar-refractivity contribution in [2.45, 2.75) is 90.4 Å². The number of benzene rings is 1. The number of carbonyl (C=O) groups is 2. The van der Waals surface area contributed by atoms with Crippen LogP contribution in [0.3, 0.4) is 0 Å². The third-order valence-corrected chi connectivity index (χ3v) is 10.3. The fourth-order valence-corrected chi connectivity index (χ4v) is 3.94. The average molecular weight is 436 g/mol. The summed E-state index contributed by atoms with van der Waals surface area (Å²) in [5.74, 6) is -0.409. The molecule has 0 spiro atoms. The molecule has 168 valence electrons. The van der Waals surface area contributed by atoms with E-state index in [1.807, 2.05) is 51.1 Å². The summed E-state index contributed by atoms with van der Waals surface area (Å²) >= 11 is 0. The molecular weight excluding hydrogens is 398 g/mol. The number of ether oxygens (including phenoxy) is 2. The van der Waals surface area contributed by atoms with Gasteiger partial charge in [-0.2, -0.15) is 0 Å². The van der Waals surface area contributed by atoms with Gasteiger partial charge in [0.25, 0.3) is 0 Å². The van der Waals surface area contributed by atoms with Crippen molar-refractivity contribution in [3.8, 4) is 0 Å². The van der Waals surface area contributed by atoms with Crippen LogP contribution in [0.5, 0.6) is 0 Å². The van der Waals surface area contributed by atoms with Crippen LogP contribution in [0.4, 0.5) is 4.79 Å². The Morgan fingerprint density at radius 2 is 1.67 bits per heavy atom. The van der Waals surface area contributed by atoms with E-state index in [4.69, 9.17) is 13.9 Å². The summed E-state index contributed by atoms with van der Waals surface area (Å²) in [4.78, 5) is 27.0. The van der Waals surface area contributed by atoms with Crippen LogP contribution in [0.15, 0.2) is 30.3 Å². The number of likely N-dealkylation sites (tertiary alicyclic amines) is 1. The molecule has 1 fully saturated rings. The fourth-order valence-electron chi connectivity index (χ4n) is 2.90. The van der Waals surface area contributed by atoms with Crippen molar-refractivity contribution in [3.63, 3.8) is 0 Å². The fraction of sp³-hybridized carbons (Fsp3) is 0.652. The molecule has 2 rings (SSSR count). The Kier molecular flexibility index (Phi) is 7.40. The van der Waals surface area contributed by atoms with E-state index in [9.17, 15) is 9.59 Å². The maximum absolute atomic E-state index is 12.8. The Morgan fingerprint density at radius 1 is 1.07 bits per heavy atom. The van der Waals surface area contributed by atoms with Gasteiger partial charge >= 0.3 is 12.1 Å². The molecule has 6 nitrogen and oxygen atoms in total. The van der Waals surface area contributed by atoms with E-state index in [0.717, 1.165) is 5.56 Å². The molecule has 0 radical (unpaired) electrons. The highest BCUT2D eigenvalue weighted by molar-refractivity contribution is 6.74. The molecular formula is C23H37NO5Si. The predicted octanol–water partition coefficient (Wildman–Crippen LogP) is 5.13. The van der Waals surface area contributed by atoms with Gasteiger partial charge in [0, 0.05) is 6.42 Å². The van der Waals surface area contributed by atoms with Gasteiger partial charge in [-0.05, 0) is 44.5 Å². The van der Waals surface area contributed by atoms with Crippen LogP contribution in [0.2, 0.25) is 18.1 Å². The van der Waals surface area contributed by atoms with Crippen LogP contribution >= 0.6 is 0 Å². The zero-order chi connectivity index (χ0) is 22.7. The minimum absolute atomic E-state index is 0.0709. The van der Waals surface area contributed by atoms with Gasteiger partial charge in [-0.1, -0.05) is 51.1 Å². The van der Waals surface area contributed by atoms with Crippen LogP contribution in [0.25, 0.3) is 0 Å². The number of hydrogen-bond acceptors (Lipinski definition) is 5. The van der Waals surface area contributed by atoms with E-state index in [0.29, 0.717) is 13.0 Å². The average Bonchev–Trinajstić information content (AvgIpc) is 2.57. The smallest absolute Gasteiger partial charge is 0.411 e. The third-order valence-electron chi connectivity index (χ3n) is 5.77. The molecule has 0 aliphatic carbocycles. The Morgan fingerprint density at radius 3 is 2.20 bits per heavy atom. The number of amides is 1. The number of carbonyl (C=O) groups excluding carboxylic acids is 2. The van der Waals surface area contributed by atoms with Gasteiger partial charge < -0.3 is 13.9 Å². The number of esters is 1. The van der Waals surface area contributed by atoms with E-state index in [1.54, 1.807) is 0 Å². The summed E-state index contributed by atoms with van der Waals surface area (Å²) in [5, 5.41) is 0.0709. The van der Waals surface area contributed by atoms with Crippen molar-refractivity contribution >= 4 is 20.4 Å². The molecule has 1 heterocycles. The summed E-state index contributed by atoms with van der Waals surface area (Å²) in [6, 6.07) is 8.67. The predicted molar refractivity (Wildman–Crippen MR) is 120 cm³/mol. The van der Waals surface area contributed by atoms with E-state index in [2.05, 4.69) is 33.9 Å². The highest BCUT2D eigenvalue weighted by Gasteiger charge is 2.49. The van der Waals surface area contributed by atoms with Gasteiger partial charge in [0.2, 0.25) is 0 Å². The van der Waals surface area contributed by atoms with Crippen molar-refractivity contribution in [1.82, 2.24) is 4.90 Å². The first-order chi connectivity index (χ1) is 13.7. The van der Waals surface area contributed by atoms with E-state index < -0.39 is 32.0 Å². The Bertz CT molecular complexity index is 736. The SMILES string of the molecule is CC(C)(C)OC(=O)N1C(CO[Si](C)(C)C(C)(C)C)CC1C(=O)OCc1ccccc1. The summed E-state index contributed by atoms with van der Waals surface area (Å²) in [7, 11) is -1.96. The van der Waals surface area contributed by atoms with Crippen molar-refractivity contribution < 1.29 is 23.5 Å². The summed E-state index contributed by atoms with van der Waals surface area (Å²) in [5.41, 5.74) is 0.266. The van der Waals surface area contributed by atoms with Gasteiger partial charge in [-0.25, -0.2) is 9.59 Å². The molecule has 0 saturated carbocycles. The number of hydrogen-bond donors (Lipinski definition) is 0. The van der Waals surface area contributed by atoms with Gasteiger partial charge in [0.1, 0.15) is 18.2 Å². The molecule has 0 bridgehead atoms. The van der Waals surface area contributed by atoms with Gasteiger partial charge in [0.15, 0.2) is 8.32 Å². The minimum Gasteiger partial charge on any atom is -0.459 e. The van der Waals surface area contributed by atoms with Gasteiger partial charge in [0.05, 0.1) is 12.6 Å². The zero-order valence-electron chi connectivity index (χ0n) is 19.7. The third kappa shape index (κ3) is 6.32. The van der Waals surface area contributed by atoms with Crippen molar-refractivity contribution in [2.75, 3.05) is 6.61 Å². The molecule has 2 unspecified atom stereocenters. The zero-order valence-corrected chi connectivity index (χ0v) is 20.7. The molecule has 1 aliphatic rings. The second-order valence-corrected chi connectivity index (χ2v) is 15.3. The van der Waals surface area contributed by atoms with Crippen molar-refractivity contribution in [2.24, 2.45) is 0 Å². The maximum atomic E-state index is 12.8. The second-order valence-electron chi connectivity index (χ2n) is 10.5. The van der Waals surface area contributed by atoms with Gasteiger partial charge in [-0.3, -0.25) is 4.90 Å². The molecule has 0 N–H and O–H groups in total. The minimum atomic E-state index is -1.96. The lowest BCUT2D eigenvalue weighted by Gasteiger charge is -2.48. The van der Waals surface area contributed by atoms with Crippen LogP contribution in [0.1, 0.15) is 53.5 Å². The monoisotopic (exact) mass is 435 g/mol. The Hall–Kier alpha value is -1.86. The first kappa shape index (κ1) is 24.4. The van der Waals surface area contributed by atoms with Crippen LogP contribution in [-0.4, -0.2) is 49.6 Å². The molecule has 1 aliphatic heterocycles. The van der Waals surface area contributed by atoms with E-state index in [-0.39, 0.29) is 17.7 Å². The van der Waals surface area contributed by atoms with E-state index >= 15 is 0 Å². The molecule has 0 aromatic heterocycles. The quantitative estimate of drug-likeness (QED) is 0.458. The van der Waals surface area contributed by atoms with Crippen molar-refractivity contribution in [1.29, 1.82) is 0 Å². The normalized spacial score (nSPS) is 19.8. The van der Waals surface area contributed by atoms with Gasteiger partial charge in [-0.15, -0.1) is 0 Å². The first-order valence-corrected chi connectivity index (χ1v) is 13.5. The lowest BCUT2D eigenvalue weighted by Crippen LogP contribution is -2.65. The molecule has 1 amide bonds. The standard InChI is InChI=1S/C23H37NO5Si/c1-22(2,3)29-21(26)24-18(16-28-30(7,8)23(4,5)6)14-19(24)20(25)27-15-17-12-10-9-11-13-17/h9-13,18-19H,14-16H2,1-8H3. The first-order valence-electron chi connectivity index (χ1n) is 10.6. The molecule has 2 atom stereocenters. The highest BCUT2D eigenvalue weighted by Crippen LogP contribution is 2.38. The number of nitrogens with zero attached hydrogens (tertiary/aromatic N) is 1. The topological polar surface area (TPSA) is 65.1 Å². The number of rotatable bonds is 6. The maximum Gasteiger partial charge on any atom is 0.411 e. The lowest BCUT2D eigenvalue weighted by molar-refractivity contribution is -0.160. The molecule has 1 aromatic rings. The summed E-state index contributed by atoms with van der Waals surface area (Å²) in [6.07, 6.45) is 0.0147. The molecule has 1 saturated heterocycles. The van der Waals surface area contributed by atoms with Crippen LogP contribution in [0, 0.1) is 0 Å². The molecule has 1 aromatic carbocycles. The molecule has 30 heavy (non-hydrogen) atoms. The largest absolute Gasteiger partial charge is 0.459 e.